The van der Waals surface area contributed by atoms with E-state index < -0.39 is 5.54 Å². The summed E-state index contributed by atoms with van der Waals surface area (Å²) in [7, 11) is 2.13. The first-order valence-corrected chi connectivity index (χ1v) is 13.2. The van der Waals surface area contributed by atoms with Crippen LogP contribution in [0.2, 0.25) is 0 Å². The van der Waals surface area contributed by atoms with Crippen molar-refractivity contribution >= 4 is 17.8 Å². The molecular formula is C26H42N4O3. The Morgan fingerprint density at radius 1 is 1.12 bits per heavy atom. The van der Waals surface area contributed by atoms with Crippen LogP contribution in [0, 0.1) is 5.92 Å². The van der Waals surface area contributed by atoms with Crippen molar-refractivity contribution in [2.45, 2.75) is 95.6 Å². The number of allylic oxidation sites excluding steroid dienone is 1. The lowest BCUT2D eigenvalue weighted by atomic mass is 9.74. The molecule has 184 valence electrons. The molecule has 7 heteroatoms. The van der Waals surface area contributed by atoms with Crippen LogP contribution in [0.4, 0.5) is 4.79 Å². The van der Waals surface area contributed by atoms with Gasteiger partial charge < -0.3 is 15.1 Å². The first kappa shape index (κ1) is 24.2. The molecule has 0 bridgehead atoms. The Morgan fingerprint density at radius 2 is 1.91 bits per heavy atom. The molecular weight excluding hydrogens is 416 g/mol. The fraction of sp³-hybridized carbons (Fsp3) is 0.808. The summed E-state index contributed by atoms with van der Waals surface area (Å²) in [6, 6.07) is 0.233. The molecule has 0 aromatic heterocycles. The van der Waals surface area contributed by atoms with Gasteiger partial charge in [0.15, 0.2) is 0 Å². The van der Waals surface area contributed by atoms with E-state index in [0.717, 1.165) is 51.5 Å². The van der Waals surface area contributed by atoms with Gasteiger partial charge in [0.1, 0.15) is 5.54 Å². The molecule has 0 radical (unpaired) electrons. The van der Waals surface area contributed by atoms with E-state index in [-0.39, 0.29) is 23.8 Å². The van der Waals surface area contributed by atoms with Gasteiger partial charge in [-0.15, -0.1) is 0 Å². The summed E-state index contributed by atoms with van der Waals surface area (Å²) in [6.07, 6.45) is 13.6. The van der Waals surface area contributed by atoms with Gasteiger partial charge in [0.25, 0.3) is 5.91 Å². The first-order chi connectivity index (χ1) is 15.9. The van der Waals surface area contributed by atoms with E-state index in [1.54, 1.807) is 0 Å². The minimum atomic E-state index is -0.797. The summed E-state index contributed by atoms with van der Waals surface area (Å²) in [5.41, 5.74) is 0.492. The van der Waals surface area contributed by atoms with Gasteiger partial charge in [0.05, 0.1) is 0 Å². The molecule has 3 fully saturated rings. The monoisotopic (exact) mass is 458 g/mol. The lowest BCUT2D eigenvalue weighted by molar-refractivity contribution is -0.136. The maximum atomic E-state index is 13.6. The zero-order chi connectivity index (χ0) is 23.4. The van der Waals surface area contributed by atoms with E-state index in [0.29, 0.717) is 38.5 Å². The molecule has 0 aromatic rings. The Balaban J connectivity index is 1.36. The summed E-state index contributed by atoms with van der Waals surface area (Å²) in [5, 5.41) is 3.15. The third-order valence-electron chi connectivity index (χ3n) is 8.51. The van der Waals surface area contributed by atoms with Crippen molar-refractivity contribution in [3.63, 3.8) is 0 Å². The minimum Gasteiger partial charge on any atom is -0.342 e. The fourth-order valence-corrected chi connectivity index (χ4v) is 6.51. The molecule has 0 saturated carbocycles. The second-order valence-electron chi connectivity index (χ2n) is 10.6. The van der Waals surface area contributed by atoms with Crippen LogP contribution in [0.5, 0.6) is 0 Å². The highest BCUT2D eigenvalue weighted by molar-refractivity contribution is 6.07. The average Bonchev–Trinajstić information content (AvgIpc) is 3.33. The van der Waals surface area contributed by atoms with E-state index in [4.69, 9.17) is 0 Å². The molecule has 0 spiro atoms. The van der Waals surface area contributed by atoms with Gasteiger partial charge in [-0.25, -0.2) is 4.79 Å². The molecule has 0 aromatic carbocycles. The van der Waals surface area contributed by atoms with Crippen molar-refractivity contribution in [1.29, 1.82) is 0 Å². The fourth-order valence-electron chi connectivity index (χ4n) is 6.51. The number of hydrogen-bond acceptors (Lipinski definition) is 4. The molecule has 3 heterocycles. The van der Waals surface area contributed by atoms with Crippen LogP contribution >= 0.6 is 0 Å². The summed E-state index contributed by atoms with van der Waals surface area (Å²) in [4.78, 5) is 45.2. The number of carbonyl (C=O) groups is 3. The summed E-state index contributed by atoms with van der Waals surface area (Å²) < 4.78 is 0. The van der Waals surface area contributed by atoms with Crippen LogP contribution in [0.15, 0.2) is 11.6 Å². The van der Waals surface area contributed by atoms with Gasteiger partial charge in [-0.1, -0.05) is 25.0 Å². The summed E-state index contributed by atoms with van der Waals surface area (Å²) in [6.45, 7) is 5.03. The summed E-state index contributed by atoms with van der Waals surface area (Å²) in [5.74, 6) is 0.272. The molecule has 33 heavy (non-hydrogen) atoms. The third-order valence-corrected chi connectivity index (χ3v) is 8.51. The van der Waals surface area contributed by atoms with Crippen molar-refractivity contribution in [1.82, 2.24) is 20.0 Å². The molecule has 1 N–H and O–H groups in total. The second-order valence-corrected chi connectivity index (χ2v) is 10.6. The van der Waals surface area contributed by atoms with E-state index in [9.17, 15) is 14.4 Å². The zero-order valence-electron chi connectivity index (χ0n) is 20.6. The highest BCUT2D eigenvalue weighted by atomic mass is 16.2. The number of carbonyl (C=O) groups excluding carboxylic acids is 3. The van der Waals surface area contributed by atoms with Gasteiger partial charge in [0.2, 0.25) is 5.91 Å². The number of urea groups is 1. The van der Waals surface area contributed by atoms with Crippen molar-refractivity contribution in [3.8, 4) is 0 Å². The number of piperidine rings is 1. The van der Waals surface area contributed by atoms with Crippen LogP contribution in [-0.2, 0) is 9.59 Å². The predicted octanol–water partition coefficient (Wildman–Crippen LogP) is 3.69. The standard InChI is InChI=1S/C26H42N4O3/c1-3-14-26(24(32)30(25(33)27-26)18-13-22-10-7-15-28(22)2)21-11-16-29(17-12-21)23(31)19-20-8-5-4-6-9-20/h8,21-22H,3-7,9-19H2,1-2H3,(H,27,33)/t22-,26-/m0/s1. The van der Waals surface area contributed by atoms with Crippen LogP contribution in [0.1, 0.15) is 84.0 Å². The molecule has 3 saturated heterocycles. The maximum absolute atomic E-state index is 13.6. The number of imide groups is 1. The van der Waals surface area contributed by atoms with E-state index in [2.05, 4.69) is 30.3 Å². The predicted molar refractivity (Wildman–Crippen MR) is 129 cm³/mol. The molecule has 7 nitrogen and oxygen atoms in total. The number of nitrogens with zero attached hydrogens (tertiary/aromatic N) is 3. The number of likely N-dealkylation sites (tertiary alicyclic amines) is 2. The molecule has 1 aliphatic carbocycles. The minimum absolute atomic E-state index is 0.0351. The SMILES string of the molecule is CCC[C@@]1(C2CCN(C(=O)CC3=CCCCC3)CC2)NC(=O)N(CC[C@@H]2CCCN2C)C1=O. The third kappa shape index (κ3) is 5.13. The Morgan fingerprint density at radius 3 is 2.55 bits per heavy atom. The quantitative estimate of drug-likeness (QED) is 0.445. The highest BCUT2D eigenvalue weighted by Crippen LogP contribution is 2.37. The van der Waals surface area contributed by atoms with E-state index in [1.807, 2.05) is 4.90 Å². The van der Waals surface area contributed by atoms with Crippen LogP contribution in [0.3, 0.4) is 0 Å². The molecule has 2 atom stereocenters. The Kier molecular flexibility index (Phi) is 7.77. The zero-order valence-corrected chi connectivity index (χ0v) is 20.6. The Hall–Kier alpha value is -1.89. The molecule has 4 amide bonds. The molecule has 3 aliphatic heterocycles. The molecule has 0 unspecified atom stereocenters. The van der Waals surface area contributed by atoms with Gasteiger partial charge >= 0.3 is 6.03 Å². The largest absolute Gasteiger partial charge is 0.342 e. The summed E-state index contributed by atoms with van der Waals surface area (Å²) >= 11 is 0. The van der Waals surface area contributed by atoms with Gasteiger partial charge in [-0.3, -0.25) is 14.5 Å². The number of hydrogen-bond donors (Lipinski definition) is 1. The maximum Gasteiger partial charge on any atom is 0.325 e. The van der Waals surface area contributed by atoms with Gasteiger partial charge in [-0.2, -0.15) is 0 Å². The lowest BCUT2D eigenvalue weighted by Crippen LogP contribution is -2.56. The van der Waals surface area contributed by atoms with Crippen LogP contribution in [0.25, 0.3) is 0 Å². The smallest absolute Gasteiger partial charge is 0.325 e. The van der Waals surface area contributed by atoms with E-state index >= 15 is 0 Å². The number of rotatable bonds is 8. The van der Waals surface area contributed by atoms with Crippen LogP contribution in [-0.4, -0.2) is 77.4 Å². The second kappa shape index (κ2) is 10.6. The van der Waals surface area contributed by atoms with E-state index in [1.165, 1.54) is 29.7 Å². The normalized spacial score (nSPS) is 29.5. The highest BCUT2D eigenvalue weighted by Gasteiger charge is 2.55. The Bertz CT molecular complexity index is 773. The van der Waals surface area contributed by atoms with Crippen molar-refractivity contribution < 1.29 is 14.4 Å². The van der Waals surface area contributed by atoms with Gasteiger partial charge in [-0.05, 0) is 83.7 Å². The lowest BCUT2D eigenvalue weighted by Gasteiger charge is -2.41. The number of amides is 4. The topological polar surface area (TPSA) is 73.0 Å². The van der Waals surface area contributed by atoms with Crippen LogP contribution < -0.4 is 5.32 Å². The molecule has 4 rings (SSSR count). The average molecular weight is 459 g/mol. The number of nitrogens with one attached hydrogen (secondary N) is 1. The van der Waals surface area contributed by atoms with Crippen molar-refractivity contribution in [2.75, 3.05) is 33.2 Å². The van der Waals surface area contributed by atoms with Crippen molar-refractivity contribution in [3.05, 3.63) is 11.6 Å². The Labute approximate surface area is 198 Å². The van der Waals surface area contributed by atoms with Gasteiger partial charge in [0, 0.05) is 32.1 Å². The van der Waals surface area contributed by atoms with Crippen molar-refractivity contribution in [2.24, 2.45) is 5.92 Å². The first-order valence-electron chi connectivity index (χ1n) is 13.2. The molecule has 4 aliphatic rings.